The molecule has 0 atom stereocenters. The molecule has 2 aromatic carbocycles. The van der Waals surface area contributed by atoms with Crippen LogP contribution in [0.5, 0.6) is 5.75 Å². The van der Waals surface area contributed by atoms with Gasteiger partial charge in [0.05, 0.1) is 11.2 Å². The molecule has 0 radical (unpaired) electrons. The lowest BCUT2D eigenvalue weighted by atomic mass is 9.97. The van der Waals surface area contributed by atoms with Crippen LogP contribution >= 0.6 is 0 Å². The predicted molar refractivity (Wildman–Crippen MR) is 79.6 cm³/mol. The molecule has 0 fully saturated rings. The monoisotopic (exact) mass is 251 g/mol. The molecule has 0 amide bonds. The molecule has 1 N–H and O–H groups in total. The van der Waals surface area contributed by atoms with E-state index in [4.69, 9.17) is 0 Å². The molecule has 0 aliphatic carbocycles. The number of benzene rings is 2. The van der Waals surface area contributed by atoms with Crippen molar-refractivity contribution in [2.24, 2.45) is 0 Å². The lowest BCUT2D eigenvalue weighted by Gasteiger charge is -2.10. The molecule has 3 aromatic rings. The van der Waals surface area contributed by atoms with Crippen molar-refractivity contribution in [2.45, 2.75) is 26.7 Å². The molecule has 0 aliphatic heterocycles. The topological polar surface area (TPSA) is 33.1 Å². The Morgan fingerprint density at radius 2 is 1.79 bits per heavy atom. The number of hydrogen-bond acceptors (Lipinski definition) is 2. The molecule has 0 saturated heterocycles. The Balaban J connectivity index is 2.46. The van der Waals surface area contributed by atoms with Crippen molar-refractivity contribution >= 4 is 21.7 Å². The third-order valence-corrected chi connectivity index (χ3v) is 3.61. The van der Waals surface area contributed by atoms with E-state index in [9.17, 15) is 5.11 Å². The Morgan fingerprint density at radius 1 is 1.05 bits per heavy atom. The molecule has 0 aliphatic rings. The second kappa shape index (κ2) is 4.54. The van der Waals surface area contributed by atoms with Crippen LogP contribution in [0.3, 0.4) is 0 Å². The highest BCUT2D eigenvalue weighted by molar-refractivity contribution is 6.08. The van der Waals surface area contributed by atoms with Crippen molar-refractivity contribution in [3.05, 3.63) is 47.7 Å². The Hall–Kier alpha value is -2.09. The fourth-order valence-electron chi connectivity index (χ4n) is 2.66. The minimum Gasteiger partial charge on any atom is -0.506 e. The van der Waals surface area contributed by atoms with E-state index in [0.717, 1.165) is 23.7 Å². The zero-order valence-electron chi connectivity index (χ0n) is 11.3. The van der Waals surface area contributed by atoms with E-state index in [2.05, 4.69) is 36.2 Å². The number of aryl methyl sites for hydroxylation is 2. The summed E-state index contributed by atoms with van der Waals surface area (Å²) in [5.74, 6) is 0.265. The van der Waals surface area contributed by atoms with Crippen molar-refractivity contribution in [3.63, 3.8) is 0 Å². The van der Waals surface area contributed by atoms with Crippen molar-refractivity contribution in [2.75, 3.05) is 0 Å². The van der Waals surface area contributed by atoms with Gasteiger partial charge in [0.1, 0.15) is 5.75 Å². The van der Waals surface area contributed by atoms with E-state index >= 15 is 0 Å². The minimum absolute atomic E-state index is 0.265. The maximum atomic E-state index is 9.89. The normalized spacial score (nSPS) is 11.3. The molecule has 2 nitrogen and oxygen atoms in total. The second-order valence-corrected chi connectivity index (χ2v) is 4.99. The first-order chi connectivity index (χ1) is 9.20. The highest BCUT2D eigenvalue weighted by Crippen LogP contribution is 2.31. The number of nitrogens with zero attached hydrogens (tertiary/aromatic N) is 1. The quantitative estimate of drug-likeness (QED) is 0.687. The number of rotatable bonds is 2. The van der Waals surface area contributed by atoms with Gasteiger partial charge < -0.3 is 5.11 Å². The summed E-state index contributed by atoms with van der Waals surface area (Å²) in [6.07, 6.45) is 2.17. The Morgan fingerprint density at radius 3 is 2.53 bits per heavy atom. The lowest BCUT2D eigenvalue weighted by Crippen LogP contribution is -1.91. The molecular weight excluding hydrogens is 234 g/mol. The SMILES string of the molecule is CCCc1cc2nc(C)c(O)cc2c2ccccc12. The zero-order valence-corrected chi connectivity index (χ0v) is 11.3. The van der Waals surface area contributed by atoms with Gasteiger partial charge >= 0.3 is 0 Å². The predicted octanol–water partition coefficient (Wildman–Crippen LogP) is 4.35. The average molecular weight is 251 g/mol. The molecule has 1 aromatic heterocycles. The van der Waals surface area contributed by atoms with Crippen molar-refractivity contribution < 1.29 is 5.11 Å². The first-order valence-corrected chi connectivity index (χ1v) is 6.71. The average Bonchev–Trinajstić information content (AvgIpc) is 2.42. The van der Waals surface area contributed by atoms with E-state index in [-0.39, 0.29) is 5.75 Å². The van der Waals surface area contributed by atoms with E-state index in [1.807, 2.05) is 19.1 Å². The third kappa shape index (κ3) is 1.93. The molecular formula is C17H17NO. The van der Waals surface area contributed by atoms with Gasteiger partial charge in [-0.3, -0.25) is 0 Å². The molecule has 0 saturated carbocycles. The molecule has 19 heavy (non-hydrogen) atoms. The first-order valence-electron chi connectivity index (χ1n) is 6.71. The summed E-state index contributed by atoms with van der Waals surface area (Å²) < 4.78 is 0. The van der Waals surface area contributed by atoms with E-state index in [1.54, 1.807) is 0 Å². The van der Waals surface area contributed by atoms with Crippen LogP contribution in [0, 0.1) is 6.92 Å². The van der Waals surface area contributed by atoms with Gasteiger partial charge in [0.2, 0.25) is 0 Å². The molecule has 0 unspecified atom stereocenters. The summed E-state index contributed by atoms with van der Waals surface area (Å²) in [4.78, 5) is 4.52. The molecule has 0 spiro atoms. The first kappa shape index (κ1) is 12.0. The zero-order chi connectivity index (χ0) is 13.4. The smallest absolute Gasteiger partial charge is 0.137 e. The number of fused-ring (bicyclic) bond motifs is 3. The summed E-state index contributed by atoms with van der Waals surface area (Å²) >= 11 is 0. The second-order valence-electron chi connectivity index (χ2n) is 4.99. The van der Waals surface area contributed by atoms with E-state index < -0.39 is 0 Å². The summed E-state index contributed by atoms with van der Waals surface area (Å²) in [5, 5.41) is 13.4. The summed E-state index contributed by atoms with van der Waals surface area (Å²) in [5.41, 5.74) is 2.99. The fourth-order valence-corrected chi connectivity index (χ4v) is 2.66. The highest BCUT2D eigenvalue weighted by atomic mass is 16.3. The van der Waals surface area contributed by atoms with Crippen LogP contribution in [0.2, 0.25) is 0 Å². The maximum absolute atomic E-state index is 9.89. The molecule has 1 heterocycles. The van der Waals surface area contributed by atoms with Crippen molar-refractivity contribution in [3.8, 4) is 5.75 Å². The number of aromatic nitrogens is 1. The molecule has 2 heteroatoms. The van der Waals surface area contributed by atoms with Crippen LogP contribution in [0.25, 0.3) is 21.7 Å². The summed E-state index contributed by atoms with van der Waals surface area (Å²) in [6.45, 7) is 4.03. The van der Waals surface area contributed by atoms with Crippen LogP contribution < -0.4 is 0 Å². The van der Waals surface area contributed by atoms with Crippen LogP contribution in [-0.2, 0) is 6.42 Å². The highest BCUT2D eigenvalue weighted by Gasteiger charge is 2.09. The van der Waals surface area contributed by atoms with Crippen molar-refractivity contribution in [1.82, 2.24) is 4.98 Å². The number of aromatic hydroxyl groups is 1. The largest absolute Gasteiger partial charge is 0.506 e. The standard InChI is InChI=1S/C17H17NO/c1-3-6-12-9-16-15(10-17(19)11(2)18-16)14-8-5-4-7-13(12)14/h4-5,7-10,19H,3,6H2,1-2H3. The van der Waals surface area contributed by atoms with E-state index in [0.29, 0.717) is 5.69 Å². The lowest BCUT2D eigenvalue weighted by molar-refractivity contribution is 0.469. The third-order valence-electron chi connectivity index (χ3n) is 3.61. The molecule has 3 rings (SSSR count). The van der Waals surface area contributed by atoms with Gasteiger partial charge in [-0.15, -0.1) is 0 Å². The Bertz CT molecular complexity index is 762. The van der Waals surface area contributed by atoms with Crippen molar-refractivity contribution in [1.29, 1.82) is 0 Å². The van der Waals surface area contributed by atoms with Gasteiger partial charge in [-0.05, 0) is 41.8 Å². The molecule has 96 valence electrons. The summed E-state index contributed by atoms with van der Waals surface area (Å²) in [6, 6.07) is 12.3. The Kier molecular flexibility index (Phi) is 2.86. The van der Waals surface area contributed by atoms with E-state index in [1.165, 1.54) is 16.3 Å². The van der Waals surface area contributed by atoms with Crippen LogP contribution in [0.1, 0.15) is 24.6 Å². The number of hydrogen-bond donors (Lipinski definition) is 1. The number of pyridine rings is 1. The minimum atomic E-state index is 0.265. The van der Waals surface area contributed by atoms with Crippen LogP contribution in [0.4, 0.5) is 0 Å². The fraction of sp³-hybridized carbons (Fsp3) is 0.235. The summed E-state index contributed by atoms with van der Waals surface area (Å²) in [7, 11) is 0. The molecule has 0 bridgehead atoms. The van der Waals surface area contributed by atoms with Gasteiger partial charge in [-0.1, -0.05) is 37.6 Å². The Labute approximate surface area is 112 Å². The van der Waals surface area contributed by atoms with Gasteiger partial charge in [0, 0.05) is 5.39 Å². The maximum Gasteiger partial charge on any atom is 0.137 e. The van der Waals surface area contributed by atoms with Gasteiger partial charge in [0.15, 0.2) is 0 Å². The van der Waals surface area contributed by atoms with Gasteiger partial charge in [-0.2, -0.15) is 0 Å². The van der Waals surface area contributed by atoms with Crippen LogP contribution in [-0.4, -0.2) is 10.1 Å². The van der Waals surface area contributed by atoms with Crippen LogP contribution in [0.15, 0.2) is 36.4 Å². The van der Waals surface area contributed by atoms with Gasteiger partial charge in [0.25, 0.3) is 0 Å². The van der Waals surface area contributed by atoms with Gasteiger partial charge in [-0.25, -0.2) is 4.98 Å².